The van der Waals surface area contributed by atoms with Crippen LogP contribution in [-0.4, -0.2) is 9.97 Å². The predicted molar refractivity (Wildman–Crippen MR) is 166 cm³/mol. The van der Waals surface area contributed by atoms with Gasteiger partial charge in [0.1, 0.15) is 35.3 Å². The minimum Gasteiger partial charge on any atom is -0.435 e. The zero-order chi connectivity index (χ0) is 35.5. The fourth-order valence-electron chi connectivity index (χ4n) is 5.80. The summed E-state index contributed by atoms with van der Waals surface area (Å²) in [5.41, 5.74) is -1.69. The molecular formula is C36H12F6N6O2. The number of hydrogen-bond donors (Lipinski definition) is 0. The van der Waals surface area contributed by atoms with Crippen LogP contribution < -0.4 is 11.1 Å². The van der Waals surface area contributed by atoms with Gasteiger partial charge >= 0.3 is 12.4 Å². The highest BCUT2D eigenvalue weighted by molar-refractivity contribution is 6.26. The Bertz CT molecular complexity index is 2840. The third-order valence-corrected chi connectivity index (χ3v) is 8.04. The van der Waals surface area contributed by atoms with Gasteiger partial charge in [0.2, 0.25) is 11.1 Å². The number of alkyl halides is 6. The summed E-state index contributed by atoms with van der Waals surface area (Å²) in [6.07, 6.45) is -9.22. The number of rotatable bonds is 2. The zero-order valence-corrected chi connectivity index (χ0v) is 24.7. The highest BCUT2D eigenvalue weighted by atomic mass is 19.4. The first-order chi connectivity index (χ1) is 23.9. The molecular weight excluding hydrogens is 662 g/mol. The number of fused-ring (bicyclic) bond motifs is 6. The first-order valence-electron chi connectivity index (χ1n) is 14.2. The van der Waals surface area contributed by atoms with Gasteiger partial charge in [-0.1, -0.05) is 36.4 Å². The highest BCUT2D eigenvalue weighted by Crippen LogP contribution is 2.44. The average molecular weight is 675 g/mol. The van der Waals surface area contributed by atoms with Gasteiger partial charge in [-0.3, -0.25) is 0 Å². The van der Waals surface area contributed by atoms with Crippen LogP contribution in [-0.2, 0) is 12.4 Å². The molecule has 0 unspecified atom stereocenters. The van der Waals surface area contributed by atoms with Gasteiger partial charge in [0.05, 0.1) is 11.1 Å². The van der Waals surface area contributed by atoms with Crippen molar-refractivity contribution in [3.63, 3.8) is 0 Å². The maximum atomic E-state index is 13.5. The maximum Gasteiger partial charge on any atom is 0.416 e. The number of aromatic nitrogens is 2. The quantitative estimate of drug-likeness (QED) is 0.132. The molecule has 0 saturated carbocycles. The second-order valence-corrected chi connectivity index (χ2v) is 10.8. The number of halogens is 6. The van der Waals surface area contributed by atoms with Crippen LogP contribution >= 0.6 is 0 Å². The Morgan fingerprint density at radius 2 is 1.00 bits per heavy atom. The Kier molecular flexibility index (Phi) is 7.06. The molecule has 0 spiro atoms. The van der Waals surface area contributed by atoms with Gasteiger partial charge in [0.25, 0.3) is 0 Å². The number of nitrogens with zero attached hydrogens (tertiary/aromatic N) is 6. The maximum absolute atomic E-state index is 13.5. The molecule has 0 aliphatic heterocycles. The zero-order valence-electron chi connectivity index (χ0n) is 24.7. The molecule has 0 bridgehead atoms. The molecule has 0 saturated heterocycles. The van der Waals surface area contributed by atoms with Crippen molar-refractivity contribution < 1.29 is 35.2 Å². The second kappa shape index (κ2) is 11.2. The van der Waals surface area contributed by atoms with Crippen LogP contribution in [0.25, 0.3) is 77.1 Å². The van der Waals surface area contributed by atoms with Crippen molar-refractivity contribution in [3.05, 3.63) is 95.0 Å². The van der Waals surface area contributed by atoms with Crippen molar-refractivity contribution in [1.29, 1.82) is 21.0 Å². The fraction of sp³-hybridized carbons (Fsp3) is 0.0556. The lowest BCUT2D eigenvalue weighted by atomic mass is 9.89. The first kappa shape index (κ1) is 31.4. The number of hydrogen-bond acceptors (Lipinski definition) is 8. The van der Waals surface area contributed by atoms with Crippen LogP contribution in [0.2, 0.25) is 0 Å². The lowest BCUT2D eigenvalue weighted by molar-refractivity contribution is -0.138. The summed E-state index contributed by atoms with van der Waals surface area (Å²) < 4.78 is 92.3. The van der Waals surface area contributed by atoms with E-state index >= 15 is 0 Å². The molecule has 2 heterocycles. The summed E-state index contributed by atoms with van der Waals surface area (Å²) in [6, 6.07) is 21.7. The molecule has 0 atom stereocenters. The molecule has 8 nitrogen and oxygen atoms in total. The molecule has 0 fully saturated rings. The van der Waals surface area contributed by atoms with Crippen molar-refractivity contribution in [1.82, 2.24) is 9.97 Å². The lowest BCUT2D eigenvalue weighted by Gasteiger charge is -2.14. The van der Waals surface area contributed by atoms with Gasteiger partial charge in [-0.15, -0.1) is 0 Å². The molecule has 7 rings (SSSR count). The molecule has 50 heavy (non-hydrogen) atoms. The summed E-state index contributed by atoms with van der Waals surface area (Å²) in [7, 11) is 0. The first-order valence-corrected chi connectivity index (χ1v) is 14.2. The number of benzene rings is 5. The smallest absolute Gasteiger partial charge is 0.416 e. The van der Waals surface area contributed by atoms with Gasteiger partial charge < -0.3 is 8.83 Å². The molecule has 5 aromatic carbocycles. The van der Waals surface area contributed by atoms with E-state index in [-0.39, 0.29) is 44.4 Å². The normalized spacial score (nSPS) is 11.7. The Labute approximate surface area is 274 Å². The summed E-state index contributed by atoms with van der Waals surface area (Å²) in [4.78, 5) is 8.80. The van der Waals surface area contributed by atoms with Crippen molar-refractivity contribution >= 4 is 54.9 Å². The summed E-state index contributed by atoms with van der Waals surface area (Å²) in [5, 5.41) is 39.5. The van der Waals surface area contributed by atoms with Crippen molar-refractivity contribution in [3.8, 4) is 46.5 Å². The topological polar surface area (TPSA) is 147 Å². The summed E-state index contributed by atoms with van der Waals surface area (Å²) >= 11 is 0. The Balaban J connectivity index is 1.68. The summed E-state index contributed by atoms with van der Waals surface area (Å²) in [6.45, 7) is 0. The standard InChI is InChI=1S/C36H12F6N6O2/c37-35(38,39)21-5-1-17(2-6-21)25-11-27-32(48-34(49-27)20(15-45)16-46)30-23(25)9-10-24-26(30)12-28-31(47-33(50-28)19(13-43)14-44)29(24)18-3-7-22(8-4-18)36(40,41)42/h1-12H. The van der Waals surface area contributed by atoms with Crippen LogP contribution in [0, 0.1) is 45.3 Å². The summed E-state index contributed by atoms with van der Waals surface area (Å²) in [5.74, 6) is 0. The lowest BCUT2D eigenvalue weighted by Crippen LogP contribution is -2.04. The molecule has 7 aromatic rings. The third kappa shape index (κ3) is 5.00. The van der Waals surface area contributed by atoms with E-state index in [0.717, 1.165) is 24.3 Å². The number of nitriles is 4. The van der Waals surface area contributed by atoms with E-state index in [0.29, 0.717) is 32.7 Å². The Morgan fingerprint density at radius 1 is 0.540 bits per heavy atom. The van der Waals surface area contributed by atoms with E-state index in [4.69, 9.17) is 8.83 Å². The molecule has 0 radical (unpaired) electrons. The van der Waals surface area contributed by atoms with Crippen LogP contribution in [0.4, 0.5) is 26.3 Å². The van der Waals surface area contributed by atoms with Gasteiger partial charge in [0.15, 0.2) is 22.3 Å². The van der Waals surface area contributed by atoms with E-state index in [1.807, 2.05) is 0 Å². The number of oxazole rings is 2. The Morgan fingerprint density at radius 3 is 1.50 bits per heavy atom. The van der Waals surface area contributed by atoms with Crippen molar-refractivity contribution in [2.45, 2.75) is 12.4 Å². The average Bonchev–Trinajstić information content (AvgIpc) is 3.71. The molecule has 14 heteroatoms. The molecule has 0 aliphatic carbocycles. The van der Waals surface area contributed by atoms with Gasteiger partial charge in [0, 0.05) is 10.9 Å². The van der Waals surface area contributed by atoms with Gasteiger partial charge in [-0.2, -0.15) is 47.4 Å². The third-order valence-electron chi connectivity index (χ3n) is 8.04. The molecule has 0 aliphatic rings. The predicted octanol–water partition coefficient (Wildman–Crippen LogP) is 8.04. The second-order valence-electron chi connectivity index (χ2n) is 10.8. The molecule has 0 N–H and O–H groups in total. The fourth-order valence-corrected chi connectivity index (χ4v) is 5.80. The molecule has 240 valence electrons. The van der Waals surface area contributed by atoms with Gasteiger partial charge in [-0.05, 0) is 69.2 Å². The SMILES string of the molecule is N#CC(C#N)=c1nc2c(-c3ccc(C(F)(F)F)cc3)c3ccc4c(-c5ccc(C(F)(F)F)cc5)cc5oc(=C(C#N)C#N)nc5c4c3cc2o1. The monoisotopic (exact) mass is 674 g/mol. The van der Waals surface area contributed by atoms with E-state index in [1.54, 1.807) is 36.4 Å². The van der Waals surface area contributed by atoms with Crippen LogP contribution in [0.15, 0.2) is 81.6 Å². The minimum absolute atomic E-state index is 0.0380. The van der Waals surface area contributed by atoms with Crippen molar-refractivity contribution in [2.75, 3.05) is 0 Å². The van der Waals surface area contributed by atoms with Crippen molar-refractivity contribution in [2.24, 2.45) is 0 Å². The van der Waals surface area contributed by atoms with Crippen LogP contribution in [0.1, 0.15) is 11.1 Å². The van der Waals surface area contributed by atoms with E-state index in [2.05, 4.69) is 9.97 Å². The Hall–Kier alpha value is -7.16. The molecule has 2 aromatic heterocycles. The van der Waals surface area contributed by atoms with Crippen LogP contribution in [0.3, 0.4) is 0 Å². The minimum atomic E-state index is -4.62. The largest absolute Gasteiger partial charge is 0.435 e. The van der Waals surface area contributed by atoms with Crippen LogP contribution in [0.5, 0.6) is 0 Å². The van der Waals surface area contributed by atoms with E-state index in [1.165, 1.54) is 36.4 Å². The highest BCUT2D eigenvalue weighted by Gasteiger charge is 2.31. The van der Waals surface area contributed by atoms with E-state index < -0.39 is 34.6 Å². The molecule has 0 amide bonds. The van der Waals surface area contributed by atoms with E-state index in [9.17, 15) is 47.4 Å². The van der Waals surface area contributed by atoms with Gasteiger partial charge in [-0.25, -0.2) is 9.97 Å².